The number of hydrogen-bond acceptors (Lipinski definition) is 6. The molecule has 6 nitrogen and oxygen atoms in total. The third-order valence-electron chi connectivity index (χ3n) is 2.46. The highest BCUT2D eigenvalue weighted by Gasteiger charge is 2.14. The van der Waals surface area contributed by atoms with Gasteiger partial charge >= 0.3 is 0 Å². The van der Waals surface area contributed by atoms with Crippen LogP contribution in [0.4, 0.5) is 11.6 Å². The highest BCUT2D eigenvalue weighted by Crippen LogP contribution is 2.27. The predicted molar refractivity (Wildman–Crippen MR) is 73.9 cm³/mol. The molecule has 0 spiro atoms. The molecular weight excluding hydrogens is 252 g/mol. The van der Waals surface area contributed by atoms with Gasteiger partial charge in [-0.05, 0) is 5.92 Å². The Hall–Kier alpha value is -1.37. The summed E-state index contributed by atoms with van der Waals surface area (Å²) in [5.41, 5.74) is 0.966. The first-order chi connectivity index (χ1) is 8.35. The van der Waals surface area contributed by atoms with Crippen LogP contribution in [0, 0.1) is 0 Å². The number of anilines is 2. The van der Waals surface area contributed by atoms with Gasteiger partial charge in [-0.15, -0.1) is 0 Å². The lowest BCUT2D eigenvalue weighted by atomic mass is 10.0. The van der Waals surface area contributed by atoms with Gasteiger partial charge in [0.15, 0.2) is 0 Å². The second kappa shape index (κ2) is 5.99. The molecule has 0 radical (unpaired) electrons. The molecule has 0 atom stereocenters. The summed E-state index contributed by atoms with van der Waals surface area (Å²) in [6, 6.07) is 0. The van der Waals surface area contributed by atoms with Crippen molar-refractivity contribution in [2.75, 3.05) is 36.2 Å². The van der Waals surface area contributed by atoms with Gasteiger partial charge in [0.25, 0.3) is 0 Å². The van der Waals surface area contributed by atoms with E-state index in [1.807, 2.05) is 13.8 Å². The van der Waals surface area contributed by atoms with E-state index in [2.05, 4.69) is 20.6 Å². The van der Waals surface area contributed by atoms with Crippen molar-refractivity contribution in [2.45, 2.75) is 19.8 Å². The summed E-state index contributed by atoms with van der Waals surface area (Å²) < 4.78 is 22.2. The van der Waals surface area contributed by atoms with Gasteiger partial charge in [-0.25, -0.2) is 18.4 Å². The van der Waals surface area contributed by atoms with Crippen LogP contribution >= 0.6 is 0 Å². The molecule has 0 aromatic carbocycles. The Bertz CT molecular complexity index is 500. The maximum absolute atomic E-state index is 11.1. The number of aromatic nitrogens is 2. The van der Waals surface area contributed by atoms with Crippen molar-refractivity contribution < 1.29 is 8.42 Å². The van der Waals surface area contributed by atoms with Gasteiger partial charge in [-0.3, -0.25) is 0 Å². The summed E-state index contributed by atoms with van der Waals surface area (Å²) >= 11 is 0. The molecule has 0 amide bonds. The molecule has 102 valence electrons. The van der Waals surface area contributed by atoms with Crippen LogP contribution in [0.1, 0.15) is 25.3 Å². The monoisotopic (exact) mass is 272 g/mol. The molecule has 0 bridgehead atoms. The predicted octanol–water partition coefficient (Wildman–Crippen LogP) is 1.10. The lowest BCUT2D eigenvalue weighted by Gasteiger charge is -2.16. The maximum Gasteiger partial charge on any atom is 0.149 e. The van der Waals surface area contributed by atoms with E-state index in [0.29, 0.717) is 12.4 Å². The fraction of sp³-hybridized carbons (Fsp3) is 0.636. The molecule has 1 heterocycles. The molecule has 0 saturated heterocycles. The molecular formula is C11H20N4O2S. The van der Waals surface area contributed by atoms with E-state index >= 15 is 0 Å². The van der Waals surface area contributed by atoms with Crippen LogP contribution in [0.3, 0.4) is 0 Å². The first-order valence-electron chi connectivity index (χ1n) is 5.79. The zero-order valence-electron chi connectivity index (χ0n) is 11.2. The summed E-state index contributed by atoms with van der Waals surface area (Å²) in [5.74, 6) is 1.79. The Kier molecular flexibility index (Phi) is 4.89. The van der Waals surface area contributed by atoms with Crippen LogP contribution in [0.2, 0.25) is 0 Å². The maximum atomic E-state index is 11.1. The number of nitrogens with one attached hydrogen (secondary N) is 2. The Morgan fingerprint density at radius 1 is 1.28 bits per heavy atom. The van der Waals surface area contributed by atoms with Crippen molar-refractivity contribution in [3.8, 4) is 0 Å². The van der Waals surface area contributed by atoms with Crippen molar-refractivity contribution >= 4 is 21.5 Å². The number of sulfone groups is 1. The van der Waals surface area contributed by atoms with E-state index in [4.69, 9.17) is 0 Å². The van der Waals surface area contributed by atoms with Crippen LogP contribution in [-0.2, 0) is 9.84 Å². The van der Waals surface area contributed by atoms with Crippen LogP contribution < -0.4 is 10.6 Å². The molecule has 1 rings (SSSR count). The molecule has 0 unspecified atom stereocenters. The largest absolute Gasteiger partial charge is 0.373 e. The van der Waals surface area contributed by atoms with Crippen molar-refractivity contribution in [2.24, 2.45) is 0 Å². The Labute approximate surface area is 108 Å². The zero-order valence-corrected chi connectivity index (χ0v) is 12.0. The van der Waals surface area contributed by atoms with Crippen molar-refractivity contribution in [1.29, 1.82) is 0 Å². The average Bonchev–Trinajstić information content (AvgIpc) is 2.26. The Morgan fingerprint density at radius 2 is 1.89 bits per heavy atom. The summed E-state index contributed by atoms with van der Waals surface area (Å²) in [6.07, 6.45) is 2.68. The highest BCUT2D eigenvalue weighted by molar-refractivity contribution is 7.90. The summed E-state index contributed by atoms with van der Waals surface area (Å²) in [4.78, 5) is 8.33. The Morgan fingerprint density at radius 3 is 2.39 bits per heavy atom. The second-order valence-corrected chi connectivity index (χ2v) is 6.71. The minimum atomic E-state index is -2.96. The molecule has 1 aromatic rings. The third kappa shape index (κ3) is 4.14. The van der Waals surface area contributed by atoms with E-state index in [1.54, 1.807) is 7.05 Å². The van der Waals surface area contributed by atoms with E-state index in [1.165, 1.54) is 12.6 Å². The minimum absolute atomic E-state index is 0.0867. The fourth-order valence-corrected chi connectivity index (χ4v) is 2.11. The van der Waals surface area contributed by atoms with Crippen molar-refractivity contribution in [3.63, 3.8) is 0 Å². The molecule has 7 heteroatoms. The molecule has 0 aliphatic carbocycles. The van der Waals surface area contributed by atoms with Gasteiger partial charge in [-0.2, -0.15) is 0 Å². The van der Waals surface area contributed by atoms with Crippen LogP contribution in [0.15, 0.2) is 6.33 Å². The van der Waals surface area contributed by atoms with Crippen LogP contribution in [0.5, 0.6) is 0 Å². The first-order valence-corrected chi connectivity index (χ1v) is 7.85. The van der Waals surface area contributed by atoms with Gasteiger partial charge in [0.05, 0.1) is 5.75 Å². The number of nitrogens with zero attached hydrogens (tertiary/aromatic N) is 2. The highest BCUT2D eigenvalue weighted by atomic mass is 32.2. The van der Waals surface area contributed by atoms with Gasteiger partial charge in [-0.1, -0.05) is 13.8 Å². The number of rotatable bonds is 6. The smallest absolute Gasteiger partial charge is 0.149 e. The number of hydrogen-bond donors (Lipinski definition) is 2. The fourth-order valence-electron chi connectivity index (χ4n) is 1.64. The molecule has 2 N–H and O–H groups in total. The standard InChI is InChI=1S/C11H20N4O2S/c1-8(2)9-10(12-3)14-7-15-11(9)13-5-6-18(4,16)17/h7-8H,5-6H2,1-4H3,(H2,12,13,14,15). The molecule has 0 aliphatic heterocycles. The first kappa shape index (κ1) is 14.7. The van der Waals surface area contributed by atoms with Gasteiger partial charge in [0.1, 0.15) is 27.8 Å². The van der Waals surface area contributed by atoms with E-state index in [0.717, 1.165) is 11.4 Å². The average molecular weight is 272 g/mol. The van der Waals surface area contributed by atoms with Crippen LogP contribution in [0.25, 0.3) is 0 Å². The van der Waals surface area contributed by atoms with E-state index < -0.39 is 9.84 Å². The molecule has 0 fully saturated rings. The zero-order chi connectivity index (χ0) is 13.8. The lowest BCUT2D eigenvalue weighted by Crippen LogP contribution is -2.17. The van der Waals surface area contributed by atoms with Crippen molar-refractivity contribution in [3.05, 3.63) is 11.9 Å². The van der Waals surface area contributed by atoms with E-state index in [-0.39, 0.29) is 11.7 Å². The van der Waals surface area contributed by atoms with Crippen molar-refractivity contribution in [1.82, 2.24) is 9.97 Å². The lowest BCUT2D eigenvalue weighted by molar-refractivity contribution is 0.602. The van der Waals surface area contributed by atoms with Gasteiger partial charge in [0.2, 0.25) is 0 Å². The van der Waals surface area contributed by atoms with E-state index in [9.17, 15) is 8.42 Å². The molecule has 0 saturated carbocycles. The topological polar surface area (TPSA) is 84.0 Å². The van der Waals surface area contributed by atoms with Gasteiger partial charge in [0, 0.05) is 25.4 Å². The minimum Gasteiger partial charge on any atom is -0.373 e. The molecule has 1 aromatic heterocycles. The quantitative estimate of drug-likeness (QED) is 0.806. The SMILES string of the molecule is CNc1ncnc(NCCS(C)(=O)=O)c1C(C)C. The summed E-state index contributed by atoms with van der Waals surface area (Å²) in [7, 11) is -1.16. The second-order valence-electron chi connectivity index (χ2n) is 4.45. The Balaban J connectivity index is 2.88. The van der Waals surface area contributed by atoms with Crippen LogP contribution in [-0.4, -0.2) is 44.0 Å². The summed E-state index contributed by atoms with van der Waals surface area (Å²) in [5, 5.41) is 6.07. The summed E-state index contributed by atoms with van der Waals surface area (Å²) in [6.45, 7) is 4.43. The molecule has 18 heavy (non-hydrogen) atoms. The van der Waals surface area contributed by atoms with Gasteiger partial charge < -0.3 is 10.6 Å². The molecule has 0 aliphatic rings. The normalized spacial score (nSPS) is 11.6. The third-order valence-corrected chi connectivity index (χ3v) is 3.41.